The number of halogens is 3. The van der Waals surface area contributed by atoms with Crippen LogP contribution in [0.5, 0.6) is 11.6 Å². The van der Waals surface area contributed by atoms with Gasteiger partial charge in [0.2, 0.25) is 5.88 Å². The van der Waals surface area contributed by atoms with Crippen molar-refractivity contribution in [2.24, 2.45) is 0 Å². The van der Waals surface area contributed by atoms with Gasteiger partial charge in [0.25, 0.3) is 0 Å². The third-order valence-electron chi connectivity index (χ3n) is 6.56. The molecule has 12 heteroatoms. The summed E-state index contributed by atoms with van der Waals surface area (Å²) in [4.78, 5) is 21.4. The molecule has 1 amide bonds. The Morgan fingerprint density at radius 2 is 2.03 bits per heavy atom. The predicted octanol–water partition coefficient (Wildman–Crippen LogP) is 4.27. The Hall–Kier alpha value is -3.93. The van der Waals surface area contributed by atoms with E-state index in [9.17, 15) is 18.0 Å². The van der Waals surface area contributed by atoms with E-state index in [-0.39, 0.29) is 24.4 Å². The molecular weight excluding hydrogens is 463 g/mol. The second-order valence-corrected chi connectivity index (χ2v) is 8.72. The van der Waals surface area contributed by atoms with Crippen LogP contribution in [0.4, 0.5) is 23.8 Å². The number of anilines is 1. The fourth-order valence-electron chi connectivity index (χ4n) is 4.45. The van der Waals surface area contributed by atoms with Crippen molar-refractivity contribution in [2.45, 2.75) is 37.4 Å². The van der Waals surface area contributed by atoms with Gasteiger partial charge in [-0.05, 0) is 50.1 Å². The molecule has 4 aromatic rings. The van der Waals surface area contributed by atoms with Crippen LogP contribution in [-0.4, -0.2) is 43.5 Å². The lowest BCUT2D eigenvalue weighted by Crippen LogP contribution is -2.29. The molecule has 1 aliphatic carbocycles. The van der Waals surface area contributed by atoms with Crippen LogP contribution in [-0.2, 0) is 18.4 Å². The Bertz CT molecular complexity index is 1440. The third-order valence-corrected chi connectivity index (χ3v) is 6.56. The Labute approximate surface area is 196 Å². The highest BCUT2D eigenvalue weighted by Crippen LogP contribution is 2.58. The van der Waals surface area contributed by atoms with Gasteiger partial charge in [-0.2, -0.15) is 18.3 Å². The number of aromatic amines is 1. The molecule has 4 heterocycles. The quantitative estimate of drug-likeness (QED) is 0.400. The molecule has 0 saturated heterocycles. The van der Waals surface area contributed by atoms with Gasteiger partial charge >= 0.3 is 12.2 Å². The molecule has 1 aliphatic heterocycles. The van der Waals surface area contributed by atoms with Gasteiger partial charge in [-0.15, -0.1) is 0 Å². The monoisotopic (exact) mass is 483 g/mol. The predicted molar refractivity (Wildman–Crippen MR) is 119 cm³/mol. The van der Waals surface area contributed by atoms with Crippen LogP contribution in [0.15, 0.2) is 42.9 Å². The summed E-state index contributed by atoms with van der Waals surface area (Å²) in [5.74, 6) is 1.11. The highest BCUT2D eigenvalue weighted by molar-refractivity contribution is 5.98. The Kier molecular flexibility index (Phi) is 4.81. The molecule has 1 aromatic carbocycles. The Balaban J connectivity index is 1.20. The highest BCUT2D eigenvalue weighted by Gasteiger charge is 2.65. The van der Waals surface area contributed by atoms with Crippen molar-refractivity contribution in [1.82, 2.24) is 30.0 Å². The molecule has 0 radical (unpaired) electrons. The number of alkyl halides is 3. The molecule has 180 valence electrons. The fourth-order valence-corrected chi connectivity index (χ4v) is 4.45. The minimum absolute atomic E-state index is 0.00737. The van der Waals surface area contributed by atoms with Crippen LogP contribution in [0.25, 0.3) is 10.9 Å². The summed E-state index contributed by atoms with van der Waals surface area (Å²) < 4.78 is 47.4. The zero-order valence-corrected chi connectivity index (χ0v) is 18.3. The van der Waals surface area contributed by atoms with E-state index in [0.29, 0.717) is 23.7 Å². The van der Waals surface area contributed by atoms with Crippen LogP contribution in [0.2, 0.25) is 0 Å². The second kappa shape index (κ2) is 7.80. The molecule has 0 unspecified atom stereocenters. The zero-order valence-electron chi connectivity index (χ0n) is 18.3. The topological polar surface area (TPSA) is 110 Å². The van der Waals surface area contributed by atoms with Crippen LogP contribution < -0.4 is 15.4 Å². The molecule has 3 aromatic heterocycles. The van der Waals surface area contributed by atoms with Gasteiger partial charge in [-0.1, -0.05) is 0 Å². The molecule has 6 rings (SSSR count). The summed E-state index contributed by atoms with van der Waals surface area (Å²) in [6.07, 6.45) is -0.530. The summed E-state index contributed by atoms with van der Waals surface area (Å²) >= 11 is 0. The summed E-state index contributed by atoms with van der Waals surface area (Å²) in [7, 11) is 0. The molecule has 35 heavy (non-hydrogen) atoms. The number of amides is 1. The van der Waals surface area contributed by atoms with Crippen LogP contribution in [0, 0.1) is 0 Å². The van der Waals surface area contributed by atoms with Gasteiger partial charge < -0.3 is 10.1 Å². The molecule has 1 saturated carbocycles. The smallest absolute Gasteiger partial charge is 0.399 e. The number of aromatic nitrogens is 5. The minimum Gasteiger partial charge on any atom is -0.439 e. The lowest BCUT2D eigenvalue weighted by molar-refractivity contribution is -0.161. The first kappa shape index (κ1) is 21.6. The van der Waals surface area contributed by atoms with Crippen LogP contribution in [0.3, 0.4) is 0 Å². The number of benzene rings is 1. The molecule has 0 atom stereocenters. The number of fused-ring (bicyclic) bond motifs is 2. The van der Waals surface area contributed by atoms with Gasteiger partial charge in [-0.3, -0.25) is 15.0 Å². The van der Waals surface area contributed by atoms with Gasteiger partial charge in [0.15, 0.2) is 5.82 Å². The van der Waals surface area contributed by atoms with Gasteiger partial charge in [0.1, 0.15) is 17.5 Å². The number of nitrogens with one attached hydrogen (secondary N) is 3. The summed E-state index contributed by atoms with van der Waals surface area (Å²) in [6.45, 7) is 1.49. The van der Waals surface area contributed by atoms with Crippen molar-refractivity contribution in [3.63, 3.8) is 0 Å². The molecule has 9 nitrogen and oxygen atoms in total. The average Bonchev–Trinajstić information content (AvgIpc) is 3.36. The number of hydrogen-bond donors (Lipinski definition) is 3. The number of rotatable bonds is 4. The SMILES string of the molecule is O=C(Nc1cc(C2(C(F)(F)F)CC2)[nH]n1)n1ccc2cc(Oc3ncnc4c3CCNC4)ccc21. The number of ether oxygens (including phenoxy) is 1. The van der Waals surface area contributed by atoms with Crippen molar-refractivity contribution >= 4 is 22.8 Å². The van der Waals surface area contributed by atoms with Crippen molar-refractivity contribution in [2.75, 3.05) is 11.9 Å². The maximum absolute atomic E-state index is 13.3. The number of nitrogens with zero attached hydrogens (tertiary/aromatic N) is 4. The van der Waals surface area contributed by atoms with Crippen LogP contribution >= 0.6 is 0 Å². The van der Waals surface area contributed by atoms with Crippen LogP contribution in [0.1, 0.15) is 29.8 Å². The first-order valence-corrected chi connectivity index (χ1v) is 11.1. The van der Waals surface area contributed by atoms with Gasteiger partial charge in [-0.25, -0.2) is 14.8 Å². The van der Waals surface area contributed by atoms with E-state index in [1.165, 1.54) is 17.0 Å². The number of hydrogen-bond acceptors (Lipinski definition) is 6. The summed E-state index contributed by atoms with van der Waals surface area (Å²) in [6, 6.07) is 7.71. The first-order chi connectivity index (χ1) is 16.8. The number of carbonyl (C=O) groups excluding carboxylic acids is 1. The van der Waals surface area contributed by atoms with Crippen molar-refractivity contribution in [1.29, 1.82) is 0 Å². The fraction of sp³-hybridized carbons (Fsp3) is 0.304. The van der Waals surface area contributed by atoms with Crippen molar-refractivity contribution in [3.05, 3.63) is 59.8 Å². The lowest BCUT2D eigenvalue weighted by Gasteiger charge is -2.18. The molecule has 2 aliphatic rings. The minimum atomic E-state index is -4.36. The third kappa shape index (κ3) is 3.70. The van der Waals surface area contributed by atoms with E-state index < -0.39 is 17.6 Å². The molecule has 3 N–H and O–H groups in total. The normalized spacial score (nSPS) is 16.7. The highest BCUT2D eigenvalue weighted by atomic mass is 19.4. The maximum atomic E-state index is 13.3. The second-order valence-electron chi connectivity index (χ2n) is 8.72. The van der Waals surface area contributed by atoms with Crippen molar-refractivity contribution in [3.8, 4) is 11.6 Å². The van der Waals surface area contributed by atoms with Crippen molar-refractivity contribution < 1.29 is 22.7 Å². The van der Waals surface area contributed by atoms with Gasteiger partial charge in [0.05, 0.1) is 16.9 Å². The lowest BCUT2D eigenvalue weighted by atomic mass is 10.0. The van der Waals surface area contributed by atoms with E-state index in [1.807, 2.05) is 0 Å². The molecular formula is C23H20F3N7O2. The van der Waals surface area contributed by atoms with E-state index in [2.05, 4.69) is 30.8 Å². The molecule has 1 fully saturated rings. The first-order valence-electron chi connectivity index (χ1n) is 11.1. The Morgan fingerprint density at radius 3 is 2.83 bits per heavy atom. The zero-order chi connectivity index (χ0) is 24.2. The van der Waals surface area contributed by atoms with E-state index in [4.69, 9.17) is 4.74 Å². The summed E-state index contributed by atoms with van der Waals surface area (Å²) in [5.41, 5.74) is 0.559. The molecule has 0 spiro atoms. The Morgan fingerprint density at radius 1 is 1.17 bits per heavy atom. The maximum Gasteiger partial charge on any atom is 0.399 e. The standard InChI is InChI=1S/C23H20F3N7O2/c24-23(25,26)22(5-6-22)18-10-19(32-31-18)30-21(34)33-8-4-13-9-14(1-2-17(13)33)35-20-15-3-7-27-11-16(15)28-12-29-20/h1-2,4,8-10,12,27H,3,5-7,11H2,(H2,30,31,32,34). The van der Waals surface area contributed by atoms with E-state index in [0.717, 1.165) is 29.6 Å². The molecule has 0 bridgehead atoms. The van der Waals surface area contributed by atoms with Gasteiger partial charge in [0, 0.05) is 29.8 Å². The average molecular weight is 483 g/mol. The summed E-state index contributed by atoms with van der Waals surface area (Å²) in [5, 5.41) is 12.9. The largest absolute Gasteiger partial charge is 0.439 e. The van der Waals surface area contributed by atoms with E-state index in [1.54, 1.807) is 30.5 Å². The van der Waals surface area contributed by atoms with E-state index >= 15 is 0 Å². The number of carbonyl (C=O) groups is 1. The number of H-pyrrole nitrogens is 1.